The summed E-state index contributed by atoms with van der Waals surface area (Å²) in [6.45, 7) is 9.65. The second-order valence-corrected chi connectivity index (χ2v) is 9.75. The number of carbonyl (C=O) groups excluding carboxylic acids is 1. The van der Waals surface area contributed by atoms with E-state index in [1.54, 1.807) is 0 Å². The van der Waals surface area contributed by atoms with Gasteiger partial charge in [-0.05, 0) is 77.1 Å². The highest BCUT2D eigenvalue weighted by atomic mass is 16.6. The van der Waals surface area contributed by atoms with Crippen LogP contribution in [0.4, 0.5) is 4.79 Å². The molecule has 0 saturated carbocycles. The first-order chi connectivity index (χ1) is 13.8. The standard InChI is InChI=1S/C24H35N3O2/c1-24(2,3)29-23(28)27-13-7-8-19(16-27)26-14-11-18(12-15-26)21-17-25(4)22-10-6-5-9-20(21)22/h5-6,9-10,17-19H,7-8,11-16H2,1-4H3. The van der Waals surface area contributed by atoms with Gasteiger partial charge in [-0.3, -0.25) is 4.90 Å². The molecule has 1 unspecified atom stereocenters. The van der Waals surface area contributed by atoms with Crippen LogP contribution in [-0.2, 0) is 11.8 Å². The zero-order chi connectivity index (χ0) is 20.6. The molecule has 2 saturated heterocycles. The molecular weight excluding hydrogens is 362 g/mol. The number of hydrogen-bond donors (Lipinski definition) is 0. The number of hydrogen-bond acceptors (Lipinski definition) is 3. The fraction of sp³-hybridized carbons (Fsp3) is 0.625. The molecule has 1 aromatic carbocycles. The number of aromatic nitrogens is 1. The summed E-state index contributed by atoms with van der Waals surface area (Å²) >= 11 is 0. The van der Waals surface area contributed by atoms with Crippen LogP contribution < -0.4 is 0 Å². The molecule has 1 atom stereocenters. The Morgan fingerprint density at radius 2 is 1.79 bits per heavy atom. The minimum absolute atomic E-state index is 0.159. The largest absolute Gasteiger partial charge is 0.444 e. The van der Waals surface area contributed by atoms with Crippen LogP contribution in [0.5, 0.6) is 0 Å². The quantitative estimate of drug-likeness (QED) is 0.733. The molecule has 5 heteroatoms. The molecule has 2 aliphatic rings. The molecule has 0 radical (unpaired) electrons. The van der Waals surface area contributed by atoms with Crippen LogP contribution in [0.1, 0.15) is 57.9 Å². The van der Waals surface area contributed by atoms with Crippen molar-refractivity contribution in [3.63, 3.8) is 0 Å². The van der Waals surface area contributed by atoms with Gasteiger partial charge in [-0.15, -0.1) is 0 Å². The third kappa shape index (κ3) is 4.45. The molecule has 3 heterocycles. The topological polar surface area (TPSA) is 37.7 Å². The number of likely N-dealkylation sites (tertiary alicyclic amines) is 2. The van der Waals surface area contributed by atoms with Crippen molar-refractivity contribution in [2.24, 2.45) is 7.05 Å². The number of benzene rings is 1. The maximum absolute atomic E-state index is 12.5. The summed E-state index contributed by atoms with van der Waals surface area (Å²) in [7, 11) is 2.15. The lowest BCUT2D eigenvalue weighted by Crippen LogP contribution is -2.52. The predicted octanol–water partition coefficient (Wildman–Crippen LogP) is 4.76. The SMILES string of the molecule is Cn1cc(C2CCN(C3CCCN(C(=O)OC(C)(C)C)C3)CC2)c2ccccc21. The van der Waals surface area contributed by atoms with E-state index >= 15 is 0 Å². The molecule has 0 spiro atoms. The maximum Gasteiger partial charge on any atom is 0.410 e. The summed E-state index contributed by atoms with van der Waals surface area (Å²) < 4.78 is 7.86. The highest BCUT2D eigenvalue weighted by Crippen LogP contribution is 2.35. The normalized spacial score (nSPS) is 22.2. The zero-order valence-electron chi connectivity index (χ0n) is 18.4. The van der Waals surface area contributed by atoms with Crippen LogP contribution in [0.15, 0.2) is 30.5 Å². The van der Waals surface area contributed by atoms with Gasteiger partial charge in [-0.1, -0.05) is 18.2 Å². The van der Waals surface area contributed by atoms with Gasteiger partial charge in [0, 0.05) is 43.3 Å². The molecule has 0 N–H and O–H groups in total. The number of para-hydroxylation sites is 1. The number of aryl methyl sites for hydroxylation is 1. The van der Waals surface area contributed by atoms with Gasteiger partial charge in [0.2, 0.25) is 0 Å². The van der Waals surface area contributed by atoms with Crippen LogP contribution in [0, 0.1) is 0 Å². The molecule has 2 aliphatic heterocycles. The van der Waals surface area contributed by atoms with Gasteiger partial charge >= 0.3 is 6.09 Å². The van der Waals surface area contributed by atoms with Crippen molar-refractivity contribution in [1.82, 2.24) is 14.4 Å². The molecule has 158 valence electrons. The maximum atomic E-state index is 12.5. The molecule has 29 heavy (non-hydrogen) atoms. The Morgan fingerprint density at radius 3 is 2.52 bits per heavy atom. The number of nitrogens with zero attached hydrogens (tertiary/aromatic N) is 3. The smallest absolute Gasteiger partial charge is 0.410 e. The molecular formula is C24H35N3O2. The van der Waals surface area contributed by atoms with Crippen LogP contribution in [0.2, 0.25) is 0 Å². The van der Waals surface area contributed by atoms with Gasteiger partial charge in [-0.2, -0.15) is 0 Å². The Morgan fingerprint density at radius 1 is 1.07 bits per heavy atom. The molecule has 2 aromatic rings. The van der Waals surface area contributed by atoms with Crippen LogP contribution in [-0.4, -0.2) is 58.3 Å². The van der Waals surface area contributed by atoms with Crippen molar-refractivity contribution in [2.45, 2.75) is 64.0 Å². The molecule has 1 aromatic heterocycles. The molecule has 2 fully saturated rings. The first-order valence-electron chi connectivity index (χ1n) is 11.1. The molecule has 0 aliphatic carbocycles. The first kappa shape index (κ1) is 20.3. The van der Waals surface area contributed by atoms with Crippen molar-refractivity contribution < 1.29 is 9.53 Å². The second kappa shape index (κ2) is 8.02. The third-order valence-electron chi connectivity index (χ3n) is 6.46. The fourth-order valence-electron chi connectivity index (χ4n) is 5.02. The number of rotatable bonds is 2. The number of piperidine rings is 2. The van der Waals surface area contributed by atoms with E-state index < -0.39 is 5.60 Å². The zero-order valence-corrected chi connectivity index (χ0v) is 18.4. The fourth-order valence-corrected chi connectivity index (χ4v) is 5.02. The van der Waals surface area contributed by atoms with Crippen molar-refractivity contribution in [2.75, 3.05) is 26.2 Å². The van der Waals surface area contributed by atoms with E-state index in [2.05, 4.69) is 47.0 Å². The van der Waals surface area contributed by atoms with Gasteiger partial charge in [0.25, 0.3) is 0 Å². The monoisotopic (exact) mass is 397 g/mol. The van der Waals surface area contributed by atoms with Crippen LogP contribution in [0.3, 0.4) is 0 Å². The van der Waals surface area contributed by atoms with E-state index in [1.165, 1.54) is 35.7 Å². The summed E-state index contributed by atoms with van der Waals surface area (Å²) in [5.41, 5.74) is 2.40. The minimum atomic E-state index is -0.430. The lowest BCUT2D eigenvalue weighted by atomic mass is 9.88. The van der Waals surface area contributed by atoms with Gasteiger partial charge in [0.05, 0.1) is 0 Å². The van der Waals surface area contributed by atoms with E-state index in [0.29, 0.717) is 12.0 Å². The Kier molecular flexibility index (Phi) is 5.60. The number of amides is 1. The van der Waals surface area contributed by atoms with Crippen molar-refractivity contribution in [3.8, 4) is 0 Å². The molecule has 0 bridgehead atoms. The van der Waals surface area contributed by atoms with Crippen LogP contribution >= 0.6 is 0 Å². The summed E-state index contributed by atoms with van der Waals surface area (Å²) in [5.74, 6) is 0.628. The molecule has 5 nitrogen and oxygen atoms in total. The molecule has 1 amide bonds. The van der Waals surface area contributed by atoms with E-state index in [0.717, 1.165) is 32.6 Å². The number of ether oxygens (including phenoxy) is 1. The minimum Gasteiger partial charge on any atom is -0.444 e. The van der Waals surface area contributed by atoms with E-state index in [9.17, 15) is 4.79 Å². The Hall–Kier alpha value is -2.01. The summed E-state index contributed by atoms with van der Waals surface area (Å²) in [5, 5.41) is 1.40. The van der Waals surface area contributed by atoms with E-state index in [1.807, 2.05) is 25.7 Å². The lowest BCUT2D eigenvalue weighted by Gasteiger charge is -2.42. The van der Waals surface area contributed by atoms with Gasteiger partial charge < -0.3 is 14.2 Å². The van der Waals surface area contributed by atoms with Gasteiger partial charge in [-0.25, -0.2) is 4.79 Å². The highest BCUT2D eigenvalue weighted by molar-refractivity contribution is 5.84. The van der Waals surface area contributed by atoms with E-state index in [4.69, 9.17) is 4.74 Å². The Balaban J connectivity index is 1.37. The van der Waals surface area contributed by atoms with Gasteiger partial charge in [0.15, 0.2) is 0 Å². The van der Waals surface area contributed by atoms with Crippen LogP contribution in [0.25, 0.3) is 10.9 Å². The second-order valence-electron chi connectivity index (χ2n) is 9.75. The average Bonchev–Trinajstić information content (AvgIpc) is 3.04. The predicted molar refractivity (Wildman–Crippen MR) is 117 cm³/mol. The summed E-state index contributed by atoms with van der Waals surface area (Å²) in [6, 6.07) is 9.20. The first-order valence-corrected chi connectivity index (χ1v) is 11.1. The number of fused-ring (bicyclic) bond motifs is 1. The molecule has 4 rings (SSSR count). The summed E-state index contributed by atoms with van der Waals surface area (Å²) in [4.78, 5) is 17.0. The Labute approximate surface area is 174 Å². The highest BCUT2D eigenvalue weighted by Gasteiger charge is 2.33. The van der Waals surface area contributed by atoms with Gasteiger partial charge in [0.1, 0.15) is 5.60 Å². The van der Waals surface area contributed by atoms with E-state index in [-0.39, 0.29) is 6.09 Å². The number of carbonyl (C=O) groups is 1. The third-order valence-corrected chi connectivity index (χ3v) is 6.46. The van der Waals surface area contributed by atoms with Crippen molar-refractivity contribution in [1.29, 1.82) is 0 Å². The lowest BCUT2D eigenvalue weighted by molar-refractivity contribution is 0.00830. The Bertz CT molecular complexity index is 859. The van der Waals surface area contributed by atoms with Crippen molar-refractivity contribution >= 4 is 17.0 Å². The summed E-state index contributed by atoms with van der Waals surface area (Å²) in [6.07, 6.45) is 6.79. The van der Waals surface area contributed by atoms with Crippen molar-refractivity contribution in [3.05, 3.63) is 36.0 Å². The average molecular weight is 398 g/mol.